The van der Waals surface area contributed by atoms with E-state index in [2.05, 4.69) is 0 Å². The van der Waals surface area contributed by atoms with E-state index in [1.165, 1.54) is 18.4 Å². The van der Waals surface area contributed by atoms with Crippen LogP contribution in [0, 0.1) is 6.92 Å². The van der Waals surface area contributed by atoms with E-state index in [-0.39, 0.29) is 5.56 Å². The monoisotopic (exact) mass is 172 g/mol. The lowest BCUT2D eigenvalue weighted by molar-refractivity contribution is 0.0694. The minimum Gasteiger partial charge on any atom is -0.495 e. The number of hydrogen-bond donors (Lipinski definition) is 1. The lowest BCUT2D eigenvalue weighted by Gasteiger charge is -1.98. The minimum absolute atomic E-state index is 0.245. The number of aromatic carboxylic acids is 1. The molecule has 0 saturated carbocycles. The van der Waals surface area contributed by atoms with E-state index >= 15 is 0 Å². The second-order valence-electron chi connectivity index (χ2n) is 2.04. The maximum atomic E-state index is 10.5. The van der Waals surface area contributed by atoms with Gasteiger partial charge in [0.25, 0.3) is 0 Å². The number of thiophene rings is 1. The molecule has 0 unspecified atom stereocenters. The van der Waals surface area contributed by atoms with Crippen LogP contribution < -0.4 is 4.74 Å². The third-order valence-electron chi connectivity index (χ3n) is 1.35. The van der Waals surface area contributed by atoms with Gasteiger partial charge in [0.1, 0.15) is 11.3 Å². The summed E-state index contributed by atoms with van der Waals surface area (Å²) in [4.78, 5) is 11.4. The Morgan fingerprint density at radius 3 is 2.73 bits per heavy atom. The molecule has 11 heavy (non-hydrogen) atoms. The number of hydrogen-bond acceptors (Lipinski definition) is 3. The minimum atomic E-state index is -0.939. The molecule has 1 aromatic heterocycles. The van der Waals surface area contributed by atoms with Gasteiger partial charge in [-0.15, -0.1) is 11.3 Å². The van der Waals surface area contributed by atoms with Gasteiger partial charge in [-0.05, 0) is 6.92 Å². The van der Waals surface area contributed by atoms with Crippen LogP contribution in [-0.4, -0.2) is 18.2 Å². The Balaban J connectivity index is 3.15. The Bertz CT molecular complexity index is 277. The molecule has 0 aliphatic heterocycles. The van der Waals surface area contributed by atoms with Crippen molar-refractivity contribution in [2.24, 2.45) is 0 Å². The van der Waals surface area contributed by atoms with Gasteiger partial charge in [-0.3, -0.25) is 0 Å². The fourth-order valence-electron chi connectivity index (χ4n) is 0.845. The summed E-state index contributed by atoms with van der Waals surface area (Å²) in [6, 6.07) is 0. The number of carboxylic acids is 1. The van der Waals surface area contributed by atoms with Crippen LogP contribution in [0.4, 0.5) is 0 Å². The summed E-state index contributed by atoms with van der Waals surface area (Å²) < 4.78 is 4.91. The smallest absolute Gasteiger partial charge is 0.340 e. The molecule has 0 aliphatic carbocycles. The molecule has 0 aromatic carbocycles. The number of carboxylic acid groups (broad SMARTS) is 1. The third-order valence-corrected chi connectivity index (χ3v) is 2.24. The quantitative estimate of drug-likeness (QED) is 0.739. The van der Waals surface area contributed by atoms with Gasteiger partial charge in [-0.1, -0.05) is 0 Å². The summed E-state index contributed by atoms with van der Waals surface area (Å²) in [7, 11) is 1.47. The molecule has 1 N–H and O–H groups in total. The highest BCUT2D eigenvalue weighted by Gasteiger charge is 2.14. The number of ether oxygens (including phenoxy) is 1. The largest absolute Gasteiger partial charge is 0.495 e. The molecule has 1 heterocycles. The molecule has 1 aromatic rings. The Kier molecular flexibility index (Phi) is 2.14. The first-order valence-electron chi connectivity index (χ1n) is 3.02. The molecule has 0 aliphatic rings. The molecule has 0 radical (unpaired) electrons. The highest BCUT2D eigenvalue weighted by atomic mass is 32.1. The number of methoxy groups -OCH3 is 1. The SMILES string of the molecule is COc1c(C(=O)O)csc1C. The van der Waals surface area contributed by atoms with E-state index in [0.29, 0.717) is 5.75 Å². The molecule has 0 bridgehead atoms. The Labute approximate surface area is 68.2 Å². The topological polar surface area (TPSA) is 46.5 Å². The second kappa shape index (κ2) is 2.92. The normalized spacial score (nSPS) is 9.64. The standard InChI is InChI=1S/C7H8O3S/c1-4-6(10-2)5(3-11-4)7(8)9/h3H,1-2H3,(H,8,9). The van der Waals surface area contributed by atoms with Crippen LogP contribution in [-0.2, 0) is 0 Å². The van der Waals surface area contributed by atoms with E-state index in [0.717, 1.165) is 4.88 Å². The van der Waals surface area contributed by atoms with Crippen molar-refractivity contribution in [3.63, 3.8) is 0 Å². The summed E-state index contributed by atoms with van der Waals surface area (Å²) in [5.41, 5.74) is 0.245. The van der Waals surface area contributed by atoms with Crippen molar-refractivity contribution in [3.8, 4) is 5.75 Å². The van der Waals surface area contributed by atoms with Crippen molar-refractivity contribution in [2.75, 3.05) is 7.11 Å². The van der Waals surface area contributed by atoms with E-state index in [1.807, 2.05) is 6.92 Å². The molecular weight excluding hydrogens is 164 g/mol. The van der Waals surface area contributed by atoms with Gasteiger partial charge in [-0.25, -0.2) is 4.79 Å². The molecule has 0 amide bonds. The number of rotatable bonds is 2. The van der Waals surface area contributed by atoms with Crippen LogP contribution in [0.3, 0.4) is 0 Å². The van der Waals surface area contributed by atoms with Crippen molar-refractivity contribution in [1.29, 1.82) is 0 Å². The first kappa shape index (κ1) is 8.07. The van der Waals surface area contributed by atoms with Crippen LogP contribution in [0.15, 0.2) is 5.38 Å². The van der Waals surface area contributed by atoms with Crippen molar-refractivity contribution >= 4 is 17.3 Å². The van der Waals surface area contributed by atoms with Gasteiger partial charge >= 0.3 is 5.97 Å². The van der Waals surface area contributed by atoms with Crippen LogP contribution >= 0.6 is 11.3 Å². The zero-order valence-corrected chi connectivity index (χ0v) is 7.07. The summed E-state index contributed by atoms with van der Waals surface area (Å²) in [6.07, 6.45) is 0. The molecule has 0 atom stereocenters. The van der Waals surface area contributed by atoms with Crippen molar-refractivity contribution in [2.45, 2.75) is 6.92 Å². The fourth-order valence-corrected chi connectivity index (χ4v) is 1.65. The molecular formula is C7H8O3S. The summed E-state index contributed by atoms with van der Waals surface area (Å²) in [5, 5.41) is 10.2. The Morgan fingerprint density at radius 2 is 2.36 bits per heavy atom. The summed E-state index contributed by atoms with van der Waals surface area (Å²) in [6.45, 7) is 1.83. The van der Waals surface area contributed by atoms with Gasteiger partial charge < -0.3 is 9.84 Å². The second-order valence-corrected chi connectivity index (χ2v) is 3.13. The van der Waals surface area contributed by atoms with Gasteiger partial charge in [0.05, 0.1) is 7.11 Å². The molecule has 0 spiro atoms. The summed E-state index contributed by atoms with van der Waals surface area (Å²) in [5.74, 6) is -0.464. The van der Waals surface area contributed by atoms with Crippen LogP contribution in [0.25, 0.3) is 0 Å². The van der Waals surface area contributed by atoms with Crippen LogP contribution in [0.5, 0.6) is 5.75 Å². The summed E-state index contributed by atoms with van der Waals surface area (Å²) >= 11 is 1.38. The molecule has 3 nitrogen and oxygen atoms in total. The molecule has 0 saturated heterocycles. The highest BCUT2D eigenvalue weighted by molar-refractivity contribution is 7.10. The van der Waals surface area contributed by atoms with Crippen molar-refractivity contribution < 1.29 is 14.6 Å². The average molecular weight is 172 g/mol. The van der Waals surface area contributed by atoms with Gasteiger partial charge in [-0.2, -0.15) is 0 Å². The van der Waals surface area contributed by atoms with E-state index in [4.69, 9.17) is 9.84 Å². The zero-order chi connectivity index (χ0) is 8.43. The van der Waals surface area contributed by atoms with Crippen LogP contribution in [0.2, 0.25) is 0 Å². The number of aryl methyl sites for hydroxylation is 1. The van der Waals surface area contributed by atoms with E-state index < -0.39 is 5.97 Å². The number of carbonyl (C=O) groups is 1. The highest BCUT2D eigenvalue weighted by Crippen LogP contribution is 2.29. The maximum Gasteiger partial charge on any atom is 0.340 e. The first-order chi connectivity index (χ1) is 5.16. The van der Waals surface area contributed by atoms with Crippen molar-refractivity contribution in [1.82, 2.24) is 0 Å². The fraction of sp³-hybridized carbons (Fsp3) is 0.286. The molecule has 1 rings (SSSR count). The third kappa shape index (κ3) is 1.35. The lowest BCUT2D eigenvalue weighted by Crippen LogP contribution is -1.97. The predicted octanol–water partition coefficient (Wildman–Crippen LogP) is 1.76. The van der Waals surface area contributed by atoms with E-state index in [9.17, 15) is 4.79 Å². The maximum absolute atomic E-state index is 10.5. The van der Waals surface area contributed by atoms with Gasteiger partial charge in [0, 0.05) is 10.3 Å². The molecule has 0 fully saturated rings. The lowest BCUT2D eigenvalue weighted by atomic mass is 10.3. The predicted molar refractivity (Wildman–Crippen MR) is 42.6 cm³/mol. The average Bonchev–Trinajstić information content (AvgIpc) is 2.30. The van der Waals surface area contributed by atoms with E-state index in [1.54, 1.807) is 5.38 Å². The zero-order valence-electron chi connectivity index (χ0n) is 6.25. The Hall–Kier alpha value is -1.03. The molecule has 4 heteroatoms. The Morgan fingerprint density at radius 1 is 1.73 bits per heavy atom. The first-order valence-corrected chi connectivity index (χ1v) is 3.90. The van der Waals surface area contributed by atoms with Crippen LogP contribution in [0.1, 0.15) is 15.2 Å². The van der Waals surface area contributed by atoms with Gasteiger partial charge in [0.15, 0.2) is 0 Å². The molecule has 60 valence electrons. The van der Waals surface area contributed by atoms with Crippen molar-refractivity contribution in [3.05, 3.63) is 15.8 Å². The van der Waals surface area contributed by atoms with Gasteiger partial charge in [0.2, 0.25) is 0 Å².